The van der Waals surface area contributed by atoms with E-state index in [0.717, 1.165) is 9.88 Å². The average molecular weight is 222 g/mol. The first-order chi connectivity index (χ1) is 6.72. The Morgan fingerprint density at radius 2 is 2.36 bits per heavy atom. The molecule has 0 aromatic carbocycles. The molecule has 1 heterocycles. The summed E-state index contributed by atoms with van der Waals surface area (Å²) in [6.45, 7) is 0.243. The Labute approximate surface area is 84.9 Å². The van der Waals surface area contributed by atoms with E-state index in [-0.39, 0.29) is 6.61 Å². The van der Waals surface area contributed by atoms with E-state index < -0.39 is 13.0 Å². The summed E-state index contributed by atoms with van der Waals surface area (Å²) in [5, 5.41) is 0.875. The van der Waals surface area contributed by atoms with Crippen LogP contribution in [0.25, 0.3) is 0 Å². The number of alkyl halides is 2. The molecule has 0 aliphatic heterocycles. The summed E-state index contributed by atoms with van der Waals surface area (Å²) in [7, 11) is 0. The van der Waals surface area contributed by atoms with Crippen LogP contribution in [0, 0.1) is 0 Å². The first-order valence-electron chi connectivity index (χ1n) is 4.22. The number of hydrogen-bond donors (Lipinski definition) is 1. The molecular formula is C8H12F2N2OS. The van der Waals surface area contributed by atoms with E-state index in [2.05, 4.69) is 4.98 Å². The van der Waals surface area contributed by atoms with E-state index in [4.69, 9.17) is 10.5 Å². The van der Waals surface area contributed by atoms with E-state index in [9.17, 15) is 8.78 Å². The summed E-state index contributed by atoms with van der Waals surface area (Å²) in [6, 6.07) is 0. The molecule has 1 aromatic rings. The van der Waals surface area contributed by atoms with Crippen LogP contribution in [-0.4, -0.2) is 24.6 Å². The molecule has 0 unspecified atom stereocenters. The lowest BCUT2D eigenvalue weighted by Gasteiger charge is -2.00. The fraction of sp³-hybridized carbons (Fsp3) is 0.625. The van der Waals surface area contributed by atoms with E-state index in [1.807, 2.05) is 0 Å². The summed E-state index contributed by atoms with van der Waals surface area (Å²) in [6.07, 6.45) is -0.129. The Kier molecular flexibility index (Phi) is 4.92. The van der Waals surface area contributed by atoms with Crippen molar-refractivity contribution in [2.45, 2.75) is 19.4 Å². The van der Waals surface area contributed by atoms with Crippen molar-refractivity contribution in [1.82, 2.24) is 4.98 Å². The highest BCUT2D eigenvalue weighted by Crippen LogP contribution is 2.12. The minimum absolute atomic E-state index is 0.280. The number of thiazole rings is 1. The van der Waals surface area contributed by atoms with Gasteiger partial charge in [0.15, 0.2) is 0 Å². The van der Waals surface area contributed by atoms with Crippen molar-refractivity contribution < 1.29 is 13.5 Å². The Balaban J connectivity index is 2.18. The topological polar surface area (TPSA) is 48.1 Å². The number of ether oxygens (including phenoxy) is 1. The Morgan fingerprint density at radius 3 is 2.93 bits per heavy atom. The van der Waals surface area contributed by atoms with Gasteiger partial charge in [-0.15, -0.1) is 11.3 Å². The summed E-state index contributed by atoms with van der Waals surface area (Å²) < 4.78 is 28.1. The van der Waals surface area contributed by atoms with Crippen molar-refractivity contribution in [3.05, 3.63) is 16.1 Å². The highest BCUT2D eigenvalue weighted by atomic mass is 32.1. The van der Waals surface area contributed by atoms with E-state index in [1.54, 1.807) is 6.20 Å². The SMILES string of the molecule is NCc1cnc(CCOCC(F)F)s1. The zero-order chi connectivity index (χ0) is 10.4. The molecule has 0 fully saturated rings. The first kappa shape index (κ1) is 11.5. The molecule has 0 amide bonds. The third-order valence-electron chi connectivity index (χ3n) is 1.51. The second-order valence-electron chi connectivity index (χ2n) is 2.64. The van der Waals surface area contributed by atoms with Gasteiger partial charge in [0.05, 0.1) is 11.6 Å². The molecule has 0 spiro atoms. The molecule has 14 heavy (non-hydrogen) atoms. The number of rotatable bonds is 6. The van der Waals surface area contributed by atoms with E-state index >= 15 is 0 Å². The third kappa shape index (κ3) is 4.08. The standard InChI is InChI=1S/C8H12F2N2OS/c9-7(10)5-13-2-1-8-12-4-6(3-11)14-8/h4,7H,1-3,5,11H2. The fourth-order valence-electron chi connectivity index (χ4n) is 0.890. The highest BCUT2D eigenvalue weighted by molar-refractivity contribution is 7.11. The number of hydrogen-bond acceptors (Lipinski definition) is 4. The molecule has 0 aliphatic rings. The van der Waals surface area contributed by atoms with Crippen molar-refractivity contribution in [3.63, 3.8) is 0 Å². The fourth-order valence-corrected chi connectivity index (χ4v) is 1.67. The molecule has 6 heteroatoms. The van der Waals surface area contributed by atoms with Crippen LogP contribution in [0.3, 0.4) is 0 Å². The lowest BCUT2D eigenvalue weighted by Crippen LogP contribution is -2.06. The zero-order valence-electron chi connectivity index (χ0n) is 7.58. The van der Waals surface area contributed by atoms with Crippen LogP contribution in [-0.2, 0) is 17.7 Å². The molecule has 0 saturated carbocycles. The number of nitrogens with two attached hydrogens (primary N) is 1. The summed E-state index contributed by atoms with van der Waals surface area (Å²) in [5.74, 6) is 0. The van der Waals surface area contributed by atoms with Gasteiger partial charge in [0.2, 0.25) is 0 Å². The van der Waals surface area contributed by atoms with Gasteiger partial charge < -0.3 is 10.5 Å². The largest absolute Gasteiger partial charge is 0.375 e. The highest BCUT2D eigenvalue weighted by Gasteiger charge is 2.03. The van der Waals surface area contributed by atoms with E-state index in [0.29, 0.717) is 13.0 Å². The lowest BCUT2D eigenvalue weighted by atomic mass is 10.5. The molecule has 1 aromatic heterocycles. The van der Waals surface area contributed by atoms with Crippen molar-refractivity contribution in [1.29, 1.82) is 0 Å². The molecule has 80 valence electrons. The molecule has 0 saturated heterocycles. The lowest BCUT2D eigenvalue weighted by molar-refractivity contribution is 0.0187. The average Bonchev–Trinajstić information content (AvgIpc) is 2.60. The second-order valence-corrected chi connectivity index (χ2v) is 3.84. The molecule has 3 nitrogen and oxygen atoms in total. The van der Waals surface area contributed by atoms with Crippen molar-refractivity contribution >= 4 is 11.3 Å². The maximum atomic E-state index is 11.7. The Bertz CT molecular complexity index is 268. The van der Waals surface area contributed by atoms with Gasteiger partial charge in [-0.25, -0.2) is 13.8 Å². The van der Waals surface area contributed by atoms with Crippen LogP contribution < -0.4 is 5.73 Å². The van der Waals surface area contributed by atoms with Crippen molar-refractivity contribution in [2.24, 2.45) is 5.73 Å². The van der Waals surface area contributed by atoms with Crippen LogP contribution in [0.2, 0.25) is 0 Å². The van der Waals surface area contributed by atoms with Gasteiger partial charge in [-0.3, -0.25) is 0 Å². The molecular weight excluding hydrogens is 210 g/mol. The van der Waals surface area contributed by atoms with Crippen LogP contribution >= 0.6 is 11.3 Å². The normalized spacial score (nSPS) is 11.1. The maximum absolute atomic E-state index is 11.7. The molecule has 0 atom stereocenters. The summed E-state index contributed by atoms with van der Waals surface area (Å²) in [4.78, 5) is 5.07. The predicted molar refractivity (Wildman–Crippen MR) is 50.5 cm³/mol. The van der Waals surface area contributed by atoms with Gasteiger partial charge in [0.1, 0.15) is 6.61 Å². The van der Waals surface area contributed by atoms with Gasteiger partial charge in [0.25, 0.3) is 6.43 Å². The second kappa shape index (κ2) is 6.00. The minimum Gasteiger partial charge on any atom is -0.375 e. The Hall–Kier alpha value is -0.590. The van der Waals surface area contributed by atoms with Gasteiger partial charge in [-0.1, -0.05) is 0 Å². The maximum Gasteiger partial charge on any atom is 0.261 e. The van der Waals surface area contributed by atoms with Crippen LogP contribution in [0.4, 0.5) is 8.78 Å². The number of nitrogens with zero attached hydrogens (tertiary/aromatic N) is 1. The smallest absolute Gasteiger partial charge is 0.261 e. The third-order valence-corrected chi connectivity index (χ3v) is 2.59. The first-order valence-corrected chi connectivity index (χ1v) is 5.03. The molecule has 0 aliphatic carbocycles. The van der Waals surface area contributed by atoms with Crippen molar-refractivity contribution in [3.8, 4) is 0 Å². The summed E-state index contributed by atoms with van der Waals surface area (Å²) in [5.41, 5.74) is 5.40. The number of aromatic nitrogens is 1. The number of halogens is 2. The summed E-state index contributed by atoms with van der Waals surface area (Å²) >= 11 is 1.49. The molecule has 0 radical (unpaired) electrons. The predicted octanol–water partition coefficient (Wildman–Crippen LogP) is 1.43. The van der Waals surface area contributed by atoms with Gasteiger partial charge in [0, 0.05) is 24.0 Å². The van der Waals surface area contributed by atoms with Crippen LogP contribution in [0.5, 0.6) is 0 Å². The van der Waals surface area contributed by atoms with Crippen LogP contribution in [0.1, 0.15) is 9.88 Å². The van der Waals surface area contributed by atoms with Crippen LogP contribution in [0.15, 0.2) is 6.20 Å². The monoisotopic (exact) mass is 222 g/mol. The van der Waals surface area contributed by atoms with E-state index in [1.165, 1.54) is 11.3 Å². The zero-order valence-corrected chi connectivity index (χ0v) is 8.40. The molecule has 1 rings (SSSR count). The van der Waals surface area contributed by atoms with Gasteiger partial charge in [-0.05, 0) is 0 Å². The van der Waals surface area contributed by atoms with Gasteiger partial charge >= 0.3 is 0 Å². The molecule has 0 bridgehead atoms. The Morgan fingerprint density at radius 1 is 1.57 bits per heavy atom. The quantitative estimate of drug-likeness (QED) is 0.741. The minimum atomic E-state index is -2.40. The van der Waals surface area contributed by atoms with Gasteiger partial charge in [-0.2, -0.15) is 0 Å². The molecule has 2 N–H and O–H groups in total. The van der Waals surface area contributed by atoms with Crippen molar-refractivity contribution in [2.75, 3.05) is 13.2 Å².